The number of halogens is 1. The van der Waals surface area contributed by atoms with E-state index in [0.717, 1.165) is 23.1 Å². The van der Waals surface area contributed by atoms with Gasteiger partial charge in [-0.15, -0.1) is 6.58 Å². The van der Waals surface area contributed by atoms with Gasteiger partial charge in [0, 0.05) is 25.8 Å². The molecule has 0 aliphatic rings. The molecular formula is C17H23FN2O6S. The number of methoxy groups -OCH3 is 1. The maximum Gasteiger partial charge on any atom is 0.325 e. The molecule has 1 N–H and O–H groups in total. The first kappa shape index (κ1) is 22.7. The van der Waals surface area contributed by atoms with Gasteiger partial charge in [-0.1, -0.05) is 6.08 Å². The van der Waals surface area contributed by atoms with E-state index in [9.17, 15) is 22.4 Å². The molecule has 0 fully saturated rings. The van der Waals surface area contributed by atoms with Crippen molar-refractivity contribution in [1.82, 2.24) is 9.62 Å². The number of nitrogens with one attached hydrogen (secondary N) is 1. The summed E-state index contributed by atoms with van der Waals surface area (Å²) < 4.78 is 50.2. The molecule has 8 nitrogen and oxygen atoms in total. The number of esters is 1. The molecule has 0 heterocycles. The SMILES string of the molecule is C=CCNS(=O)(=O)c1cc(C(=O)N(CCOC)CC(=O)OCC)ccc1F. The Labute approximate surface area is 158 Å². The van der Waals surface area contributed by atoms with Gasteiger partial charge in [0.1, 0.15) is 17.3 Å². The third kappa shape index (κ3) is 6.74. The van der Waals surface area contributed by atoms with Crippen LogP contribution in [0.25, 0.3) is 0 Å². The van der Waals surface area contributed by atoms with Gasteiger partial charge < -0.3 is 14.4 Å². The number of sulfonamides is 1. The summed E-state index contributed by atoms with van der Waals surface area (Å²) in [6.07, 6.45) is 1.30. The topological polar surface area (TPSA) is 102 Å². The van der Waals surface area contributed by atoms with E-state index in [1.54, 1.807) is 6.92 Å². The lowest BCUT2D eigenvalue weighted by Crippen LogP contribution is -2.38. The van der Waals surface area contributed by atoms with Gasteiger partial charge >= 0.3 is 5.97 Å². The van der Waals surface area contributed by atoms with Crippen LogP contribution in [0.2, 0.25) is 0 Å². The molecule has 1 rings (SSSR count). The molecule has 0 saturated carbocycles. The zero-order chi connectivity index (χ0) is 20.4. The van der Waals surface area contributed by atoms with Crippen molar-refractivity contribution in [3.8, 4) is 0 Å². The molecule has 1 amide bonds. The summed E-state index contributed by atoms with van der Waals surface area (Å²) in [5.41, 5.74) is -0.0872. The van der Waals surface area contributed by atoms with Crippen molar-refractivity contribution in [2.24, 2.45) is 0 Å². The van der Waals surface area contributed by atoms with Gasteiger partial charge in [-0.05, 0) is 25.1 Å². The second-order valence-corrected chi connectivity index (χ2v) is 7.05. The number of amides is 1. The van der Waals surface area contributed by atoms with Gasteiger partial charge in [0.15, 0.2) is 0 Å². The molecule has 0 bridgehead atoms. The Kier molecular flexibility index (Phi) is 9.06. The molecule has 0 atom stereocenters. The highest BCUT2D eigenvalue weighted by Gasteiger charge is 2.24. The summed E-state index contributed by atoms with van der Waals surface area (Å²) in [7, 11) is -2.74. The van der Waals surface area contributed by atoms with Crippen LogP contribution in [0.5, 0.6) is 0 Å². The normalized spacial score (nSPS) is 11.1. The molecule has 1 aromatic carbocycles. The largest absolute Gasteiger partial charge is 0.465 e. The van der Waals surface area contributed by atoms with Crippen LogP contribution in [0.1, 0.15) is 17.3 Å². The predicted molar refractivity (Wildman–Crippen MR) is 96.2 cm³/mol. The fraction of sp³-hybridized carbons (Fsp3) is 0.412. The molecular weight excluding hydrogens is 379 g/mol. The third-order valence-corrected chi connectivity index (χ3v) is 4.80. The Morgan fingerprint density at radius 3 is 2.67 bits per heavy atom. The molecule has 0 spiro atoms. The van der Waals surface area contributed by atoms with Gasteiger partial charge in [-0.2, -0.15) is 0 Å². The lowest BCUT2D eigenvalue weighted by atomic mass is 10.2. The molecule has 0 aliphatic carbocycles. The lowest BCUT2D eigenvalue weighted by Gasteiger charge is -2.21. The Balaban J connectivity index is 3.16. The Bertz CT molecular complexity index is 782. The van der Waals surface area contributed by atoms with Crippen molar-refractivity contribution in [2.75, 3.05) is 40.0 Å². The fourth-order valence-electron chi connectivity index (χ4n) is 2.09. The van der Waals surface area contributed by atoms with E-state index in [1.807, 2.05) is 0 Å². The minimum Gasteiger partial charge on any atom is -0.465 e. The Morgan fingerprint density at radius 1 is 1.37 bits per heavy atom. The van der Waals surface area contributed by atoms with E-state index in [2.05, 4.69) is 11.3 Å². The molecule has 150 valence electrons. The van der Waals surface area contributed by atoms with E-state index in [0.29, 0.717) is 0 Å². The average molecular weight is 402 g/mol. The maximum atomic E-state index is 14.0. The van der Waals surface area contributed by atoms with Crippen LogP contribution in [0.15, 0.2) is 35.7 Å². The molecule has 27 heavy (non-hydrogen) atoms. The number of rotatable bonds is 11. The summed E-state index contributed by atoms with van der Waals surface area (Å²) in [6.45, 7) is 4.95. The zero-order valence-electron chi connectivity index (χ0n) is 15.2. The number of benzene rings is 1. The second kappa shape index (κ2) is 10.8. The van der Waals surface area contributed by atoms with Crippen LogP contribution < -0.4 is 4.72 Å². The third-order valence-electron chi connectivity index (χ3n) is 3.36. The van der Waals surface area contributed by atoms with Crippen LogP contribution in [-0.4, -0.2) is 65.2 Å². The minimum atomic E-state index is -4.17. The molecule has 0 aromatic heterocycles. The standard InChI is InChI=1S/C17H23FN2O6S/c1-4-8-19-27(23,24)15-11-13(6-7-14(15)18)17(22)20(9-10-25-3)12-16(21)26-5-2/h4,6-7,11,19H,1,5,8-10,12H2,2-3H3. The van der Waals surface area contributed by atoms with Crippen molar-refractivity contribution in [1.29, 1.82) is 0 Å². The Morgan fingerprint density at radius 2 is 2.07 bits per heavy atom. The van der Waals surface area contributed by atoms with Gasteiger partial charge in [-0.25, -0.2) is 17.5 Å². The summed E-state index contributed by atoms with van der Waals surface area (Å²) in [5, 5.41) is 0. The zero-order valence-corrected chi connectivity index (χ0v) is 16.1. The number of carbonyl (C=O) groups excluding carboxylic acids is 2. The van der Waals surface area contributed by atoms with Crippen LogP contribution in [0.4, 0.5) is 4.39 Å². The smallest absolute Gasteiger partial charge is 0.325 e. The monoisotopic (exact) mass is 402 g/mol. The van der Waals surface area contributed by atoms with Gasteiger partial charge in [0.05, 0.1) is 13.2 Å². The average Bonchev–Trinajstić information content (AvgIpc) is 2.63. The second-order valence-electron chi connectivity index (χ2n) is 5.31. The lowest BCUT2D eigenvalue weighted by molar-refractivity contribution is -0.143. The van der Waals surface area contributed by atoms with Crippen molar-refractivity contribution >= 4 is 21.9 Å². The van der Waals surface area contributed by atoms with Crippen LogP contribution >= 0.6 is 0 Å². The first-order valence-electron chi connectivity index (χ1n) is 8.10. The number of nitrogens with zero attached hydrogens (tertiary/aromatic N) is 1. The summed E-state index contributed by atoms with van der Waals surface area (Å²) in [4.78, 5) is 24.9. The van der Waals surface area contributed by atoms with Crippen molar-refractivity contribution in [2.45, 2.75) is 11.8 Å². The van der Waals surface area contributed by atoms with E-state index in [1.165, 1.54) is 13.2 Å². The number of hydrogen-bond donors (Lipinski definition) is 1. The minimum absolute atomic E-state index is 0.0717. The first-order valence-corrected chi connectivity index (χ1v) is 9.59. The van der Waals surface area contributed by atoms with Gasteiger partial charge in [-0.3, -0.25) is 9.59 Å². The number of hydrogen-bond acceptors (Lipinski definition) is 6. The van der Waals surface area contributed by atoms with Crippen molar-refractivity contribution in [3.63, 3.8) is 0 Å². The first-order chi connectivity index (χ1) is 12.8. The summed E-state index contributed by atoms with van der Waals surface area (Å²) in [6, 6.07) is 2.96. The molecule has 0 unspecified atom stereocenters. The van der Waals surface area contributed by atoms with Crippen molar-refractivity contribution < 1.29 is 31.9 Å². The summed E-state index contributed by atoms with van der Waals surface area (Å²) in [5.74, 6) is -2.28. The van der Waals surface area contributed by atoms with Gasteiger partial charge in [0.25, 0.3) is 5.91 Å². The van der Waals surface area contributed by atoms with E-state index < -0.39 is 32.6 Å². The van der Waals surface area contributed by atoms with Crippen LogP contribution in [0, 0.1) is 5.82 Å². The number of carbonyl (C=O) groups is 2. The quantitative estimate of drug-likeness (QED) is 0.437. The van der Waals surface area contributed by atoms with Gasteiger partial charge in [0.2, 0.25) is 10.0 Å². The highest BCUT2D eigenvalue weighted by molar-refractivity contribution is 7.89. The fourth-order valence-corrected chi connectivity index (χ4v) is 3.19. The summed E-state index contributed by atoms with van der Waals surface area (Å²) >= 11 is 0. The molecule has 10 heteroatoms. The van der Waals surface area contributed by atoms with Crippen molar-refractivity contribution in [3.05, 3.63) is 42.2 Å². The highest BCUT2D eigenvalue weighted by Crippen LogP contribution is 2.18. The highest BCUT2D eigenvalue weighted by atomic mass is 32.2. The molecule has 1 aromatic rings. The van der Waals surface area contributed by atoms with E-state index >= 15 is 0 Å². The van der Waals surface area contributed by atoms with E-state index in [4.69, 9.17) is 9.47 Å². The van der Waals surface area contributed by atoms with Crippen LogP contribution in [0.3, 0.4) is 0 Å². The Hall–Kier alpha value is -2.30. The predicted octanol–water partition coefficient (Wildman–Crippen LogP) is 0.942. The molecule has 0 aliphatic heterocycles. The van der Waals surface area contributed by atoms with Crippen LogP contribution in [-0.2, 0) is 24.3 Å². The molecule has 0 radical (unpaired) electrons. The number of ether oxygens (including phenoxy) is 2. The molecule has 0 saturated heterocycles. The van der Waals surface area contributed by atoms with E-state index in [-0.39, 0.29) is 38.4 Å². The maximum absolute atomic E-state index is 14.0.